The van der Waals surface area contributed by atoms with Gasteiger partial charge in [-0.05, 0) is 19.1 Å². The molecule has 96 valence electrons. The zero-order chi connectivity index (χ0) is 13.0. The van der Waals surface area contributed by atoms with Gasteiger partial charge in [-0.1, -0.05) is 0 Å². The molecule has 4 nitrogen and oxygen atoms in total. The Balaban J connectivity index is 1.96. The van der Waals surface area contributed by atoms with Crippen molar-refractivity contribution in [1.29, 1.82) is 0 Å². The number of hydrogen-bond acceptors (Lipinski definition) is 3. The number of methoxy groups -OCH3 is 1. The first-order valence-electron chi connectivity index (χ1n) is 5.76. The summed E-state index contributed by atoms with van der Waals surface area (Å²) in [7, 11) is 1.53. The number of nitrogens with zero attached hydrogens (tertiary/aromatic N) is 2. The molecule has 5 heteroatoms. The molecule has 0 saturated heterocycles. The van der Waals surface area contributed by atoms with Gasteiger partial charge in [0, 0.05) is 31.5 Å². The van der Waals surface area contributed by atoms with Crippen LogP contribution in [0.25, 0.3) is 0 Å². The van der Waals surface area contributed by atoms with Gasteiger partial charge in [0.05, 0.1) is 12.8 Å². The van der Waals surface area contributed by atoms with E-state index < -0.39 is 0 Å². The number of nitrogens with one attached hydrogen (secondary N) is 1. The van der Waals surface area contributed by atoms with E-state index in [4.69, 9.17) is 4.74 Å². The van der Waals surface area contributed by atoms with Gasteiger partial charge < -0.3 is 14.6 Å². The number of rotatable bonds is 5. The monoisotopic (exact) mass is 249 g/mol. The van der Waals surface area contributed by atoms with E-state index in [2.05, 4.69) is 10.3 Å². The molecule has 18 heavy (non-hydrogen) atoms. The van der Waals surface area contributed by atoms with Gasteiger partial charge in [0.15, 0.2) is 0 Å². The fourth-order valence-electron chi connectivity index (χ4n) is 1.76. The molecular formula is C13H16FN3O. The summed E-state index contributed by atoms with van der Waals surface area (Å²) in [5.74, 6) is 1.18. The summed E-state index contributed by atoms with van der Waals surface area (Å²) in [5, 5.41) is 3.22. The SMILES string of the molecule is COc1cc(F)ccc1NCCn1ccnc1C. The average molecular weight is 249 g/mol. The smallest absolute Gasteiger partial charge is 0.144 e. The van der Waals surface area contributed by atoms with Gasteiger partial charge in [0.1, 0.15) is 17.4 Å². The second-order valence-corrected chi connectivity index (χ2v) is 3.94. The first-order valence-corrected chi connectivity index (χ1v) is 5.76. The summed E-state index contributed by atoms with van der Waals surface area (Å²) in [6.07, 6.45) is 3.70. The van der Waals surface area contributed by atoms with Gasteiger partial charge in [-0.3, -0.25) is 0 Å². The first kappa shape index (κ1) is 12.4. The van der Waals surface area contributed by atoms with Crippen LogP contribution < -0.4 is 10.1 Å². The number of anilines is 1. The summed E-state index contributed by atoms with van der Waals surface area (Å²) in [6.45, 7) is 3.48. The van der Waals surface area contributed by atoms with Crippen LogP contribution in [0.15, 0.2) is 30.6 Å². The molecule has 0 atom stereocenters. The van der Waals surface area contributed by atoms with E-state index in [1.54, 1.807) is 12.3 Å². The van der Waals surface area contributed by atoms with E-state index in [-0.39, 0.29) is 5.82 Å². The van der Waals surface area contributed by atoms with Crippen molar-refractivity contribution in [3.63, 3.8) is 0 Å². The normalized spacial score (nSPS) is 10.4. The Bertz CT molecular complexity index is 525. The van der Waals surface area contributed by atoms with E-state index in [1.165, 1.54) is 19.2 Å². The fourth-order valence-corrected chi connectivity index (χ4v) is 1.76. The van der Waals surface area contributed by atoms with Crippen LogP contribution in [-0.2, 0) is 6.54 Å². The summed E-state index contributed by atoms with van der Waals surface area (Å²) < 4.78 is 20.2. The predicted molar refractivity (Wildman–Crippen MR) is 68.4 cm³/mol. The molecule has 0 radical (unpaired) electrons. The lowest BCUT2D eigenvalue weighted by Gasteiger charge is -2.12. The van der Waals surface area contributed by atoms with E-state index in [0.717, 1.165) is 24.6 Å². The second kappa shape index (κ2) is 5.53. The minimum absolute atomic E-state index is 0.303. The minimum atomic E-state index is -0.303. The molecule has 2 aromatic rings. The van der Waals surface area contributed by atoms with E-state index >= 15 is 0 Å². The maximum absolute atomic E-state index is 13.0. The van der Waals surface area contributed by atoms with Crippen molar-refractivity contribution in [2.45, 2.75) is 13.5 Å². The number of aryl methyl sites for hydroxylation is 1. The third-order valence-corrected chi connectivity index (χ3v) is 2.76. The first-order chi connectivity index (χ1) is 8.70. The highest BCUT2D eigenvalue weighted by molar-refractivity contribution is 5.56. The number of imidazole rings is 1. The van der Waals surface area contributed by atoms with Gasteiger partial charge in [-0.25, -0.2) is 9.37 Å². The largest absolute Gasteiger partial charge is 0.494 e. The van der Waals surface area contributed by atoms with E-state index in [0.29, 0.717) is 5.75 Å². The second-order valence-electron chi connectivity index (χ2n) is 3.94. The van der Waals surface area contributed by atoms with Gasteiger partial charge in [-0.15, -0.1) is 0 Å². The molecule has 0 aliphatic heterocycles. The van der Waals surface area contributed by atoms with Crippen LogP contribution in [0.5, 0.6) is 5.75 Å². The molecule has 0 unspecified atom stereocenters. The van der Waals surface area contributed by atoms with Crippen molar-refractivity contribution in [2.75, 3.05) is 19.0 Å². The summed E-state index contributed by atoms with van der Waals surface area (Å²) in [4.78, 5) is 4.15. The number of halogens is 1. The highest BCUT2D eigenvalue weighted by atomic mass is 19.1. The van der Waals surface area contributed by atoms with Gasteiger partial charge >= 0.3 is 0 Å². The molecular weight excluding hydrogens is 233 g/mol. The summed E-state index contributed by atoms with van der Waals surface area (Å²) in [6, 6.07) is 4.45. The highest BCUT2D eigenvalue weighted by Gasteiger charge is 2.04. The Hall–Kier alpha value is -2.04. The molecule has 0 aliphatic carbocycles. The number of ether oxygens (including phenoxy) is 1. The number of aromatic nitrogens is 2. The Kier molecular flexibility index (Phi) is 3.82. The maximum atomic E-state index is 13.0. The summed E-state index contributed by atoms with van der Waals surface area (Å²) in [5.41, 5.74) is 0.789. The van der Waals surface area contributed by atoms with Gasteiger partial charge in [0.2, 0.25) is 0 Å². The fraction of sp³-hybridized carbons (Fsp3) is 0.308. The van der Waals surface area contributed by atoms with Crippen molar-refractivity contribution in [1.82, 2.24) is 9.55 Å². The van der Waals surface area contributed by atoms with Crippen molar-refractivity contribution in [3.8, 4) is 5.75 Å². The molecule has 1 aromatic carbocycles. The van der Waals surface area contributed by atoms with Crippen LogP contribution >= 0.6 is 0 Å². The third kappa shape index (κ3) is 2.80. The third-order valence-electron chi connectivity index (χ3n) is 2.76. The Morgan fingerprint density at radius 3 is 2.94 bits per heavy atom. The lowest BCUT2D eigenvalue weighted by atomic mass is 10.3. The van der Waals surface area contributed by atoms with Crippen molar-refractivity contribution < 1.29 is 9.13 Å². The highest BCUT2D eigenvalue weighted by Crippen LogP contribution is 2.24. The molecule has 0 fully saturated rings. The minimum Gasteiger partial charge on any atom is -0.494 e. The van der Waals surface area contributed by atoms with Crippen LogP contribution in [0, 0.1) is 12.7 Å². The number of hydrogen-bond donors (Lipinski definition) is 1. The van der Waals surface area contributed by atoms with Crippen molar-refractivity contribution in [3.05, 3.63) is 42.2 Å². The molecule has 2 rings (SSSR count). The molecule has 0 saturated carbocycles. The van der Waals surface area contributed by atoms with Crippen LogP contribution in [0.3, 0.4) is 0 Å². The molecule has 0 bridgehead atoms. The van der Waals surface area contributed by atoms with Crippen LogP contribution in [0.2, 0.25) is 0 Å². The van der Waals surface area contributed by atoms with Crippen LogP contribution in [-0.4, -0.2) is 23.2 Å². The number of benzene rings is 1. The molecule has 1 N–H and O–H groups in total. The standard InChI is InChI=1S/C13H16FN3O/c1-10-15-5-7-17(10)8-6-16-12-4-3-11(14)9-13(12)18-2/h3-5,7,9,16H,6,8H2,1-2H3. The van der Waals surface area contributed by atoms with Gasteiger partial charge in [0.25, 0.3) is 0 Å². The predicted octanol–water partition coefficient (Wildman–Crippen LogP) is 2.45. The summed E-state index contributed by atoms with van der Waals surface area (Å²) >= 11 is 0. The maximum Gasteiger partial charge on any atom is 0.144 e. The lowest BCUT2D eigenvalue weighted by molar-refractivity contribution is 0.413. The zero-order valence-electron chi connectivity index (χ0n) is 10.5. The molecule has 0 spiro atoms. The van der Waals surface area contributed by atoms with Crippen molar-refractivity contribution >= 4 is 5.69 Å². The topological polar surface area (TPSA) is 39.1 Å². The van der Waals surface area contributed by atoms with Gasteiger partial charge in [-0.2, -0.15) is 0 Å². The quantitative estimate of drug-likeness (QED) is 0.884. The molecule has 1 aromatic heterocycles. The zero-order valence-corrected chi connectivity index (χ0v) is 10.5. The Labute approximate surface area is 105 Å². The molecule has 1 heterocycles. The van der Waals surface area contributed by atoms with E-state index in [1.807, 2.05) is 17.7 Å². The van der Waals surface area contributed by atoms with E-state index in [9.17, 15) is 4.39 Å². The molecule has 0 aliphatic rings. The lowest BCUT2D eigenvalue weighted by Crippen LogP contribution is -2.11. The van der Waals surface area contributed by atoms with Crippen LogP contribution in [0.4, 0.5) is 10.1 Å². The molecule has 0 amide bonds. The van der Waals surface area contributed by atoms with Crippen LogP contribution in [0.1, 0.15) is 5.82 Å². The Morgan fingerprint density at radius 1 is 1.44 bits per heavy atom. The van der Waals surface area contributed by atoms with Crippen molar-refractivity contribution in [2.24, 2.45) is 0 Å². The average Bonchev–Trinajstić information content (AvgIpc) is 2.77. The Morgan fingerprint density at radius 2 is 2.28 bits per heavy atom.